The Labute approximate surface area is 93.9 Å². The maximum absolute atomic E-state index is 11.7. The minimum absolute atomic E-state index is 0.0398. The molecule has 3 N–H and O–H groups in total. The quantitative estimate of drug-likeness (QED) is 0.721. The summed E-state index contributed by atoms with van der Waals surface area (Å²) in [6, 6.07) is -0.176. The Morgan fingerprint density at radius 1 is 1.62 bits per heavy atom. The van der Waals surface area contributed by atoms with Crippen molar-refractivity contribution in [3.8, 4) is 0 Å². The number of hydrogen-bond donors (Lipinski definition) is 2. The first-order valence-electron chi connectivity index (χ1n) is 5.34. The van der Waals surface area contributed by atoms with Crippen molar-refractivity contribution in [1.82, 2.24) is 15.3 Å². The van der Waals surface area contributed by atoms with Gasteiger partial charge in [-0.25, -0.2) is 4.98 Å². The van der Waals surface area contributed by atoms with E-state index in [-0.39, 0.29) is 11.9 Å². The third-order valence-electron chi connectivity index (χ3n) is 2.65. The van der Waals surface area contributed by atoms with E-state index in [1.54, 1.807) is 6.20 Å². The SMILES string of the molecule is CCC1C(=O)NCCN1c1cncc(N)n1. The van der Waals surface area contributed by atoms with Gasteiger partial charge < -0.3 is 16.0 Å². The summed E-state index contributed by atoms with van der Waals surface area (Å²) in [6.07, 6.45) is 3.87. The van der Waals surface area contributed by atoms with Crippen molar-refractivity contribution in [1.29, 1.82) is 0 Å². The third kappa shape index (κ3) is 1.91. The molecule has 1 fully saturated rings. The standard InChI is InChI=1S/C10H15N5O/c1-2-7-10(16)13-3-4-15(7)9-6-12-5-8(11)14-9/h5-7H,2-4H2,1H3,(H2,11,14)(H,13,16). The summed E-state index contributed by atoms with van der Waals surface area (Å²) in [7, 11) is 0. The van der Waals surface area contributed by atoms with Crippen molar-refractivity contribution in [3.05, 3.63) is 12.4 Å². The van der Waals surface area contributed by atoms with E-state index in [1.165, 1.54) is 6.20 Å². The van der Waals surface area contributed by atoms with Crippen molar-refractivity contribution < 1.29 is 4.79 Å². The fraction of sp³-hybridized carbons (Fsp3) is 0.500. The van der Waals surface area contributed by atoms with E-state index < -0.39 is 0 Å². The number of hydrogen-bond acceptors (Lipinski definition) is 5. The van der Waals surface area contributed by atoms with Crippen molar-refractivity contribution in [2.45, 2.75) is 19.4 Å². The first-order valence-corrected chi connectivity index (χ1v) is 5.34. The lowest BCUT2D eigenvalue weighted by molar-refractivity contribution is -0.123. The van der Waals surface area contributed by atoms with Crippen LogP contribution in [0.15, 0.2) is 12.4 Å². The lowest BCUT2D eigenvalue weighted by Gasteiger charge is -2.35. The highest BCUT2D eigenvalue weighted by molar-refractivity contribution is 5.86. The number of aromatic nitrogens is 2. The van der Waals surface area contributed by atoms with Gasteiger partial charge in [0.25, 0.3) is 0 Å². The zero-order valence-corrected chi connectivity index (χ0v) is 9.18. The van der Waals surface area contributed by atoms with Gasteiger partial charge >= 0.3 is 0 Å². The molecule has 0 aromatic carbocycles. The van der Waals surface area contributed by atoms with Gasteiger partial charge in [-0.05, 0) is 6.42 Å². The molecule has 0 spiro atoms. The molecular formula is C10H15N5O. The Kier molecular flexibility index (Phi) is 2.89. The molecule has 1 unspecified atom stereocenters. The summed E-state index contributed by atoms with van der Waals surface area (Å²) in [5.74, 6) is 1.08. The van der Waals surface area contributed by atoms with E-state index in [9.17, 15) is 4.79 Å². The minimum Gasteiger partial charge on any atom is -0.382 e. The van der Waals surface area contributed by atoms with Crippen LogP contribution in [0.3, 0.4) is 0 Å². The van der Waals surface area contributed by atoms with Crippen LogP contribution in [-0.2, 0) is 4.79 Å². The number of piperazine rings is 1. The van der Waals surface area contributed by atoms with Gasteiger partial charge in [-0.15, -0.1) is 0 Å². The summed E-state index contributed by atoms with van der Waals surface area (Å²) >= 11 is 0. The number of anilines is 2. The van der Waals surface area contributed by atoms with Crippen LogP contribution in [0.2, 0.25) is 0 Å². The van der Waals surface area contributed by atoms with E-state index in [1.807, 2.05) is 11.8 Å². The van der Waals surface area contributed by atoms with Crippen LogP contribution in [0, 0.1) is 0 Å². The van der Waals surface area contributed by atoms with Gasteiger partial charge in [0.15, 0.2) is 0 Å². The molecule has 1 aromatic rings. The molecule has 1 saturated heterocycles. The molecule has 2 rings (SSSR count). The van der Waals surface area contributed by atoms with Crippen LogP contribution in [0.1, 0.15) is 13.3 Å². The molecule has 0 saturated carbocycles. The third-order valence-corrected chi connectivity index (χ3v) is 2.65. The van der Waals surface area contributed by atoms with Gasteiger partial charge in [0.05, 0.1) is 12.4 Å². The number of carbonyl (C=O) groups is 1. The zero-order valence-electron chi connectivity index (χ0n) is 9.18. The Balaban J connectivity index is 2.27. The molecule has 0 aliphatic carbocycles. The summed E-state index contributed by atoms with van der Waals surface area (Å²) in [5.41, 5.74) is 5.59. The first-order chi connectivity index (χ1) is 7.72. The van der Waals surface area contributed by atoms with Gasteiger partial charge in [0.2, 0.25) is 5.91 Å². The van der Waals surface area contributed by atoms with Crippen LogP contribution in [-0.4, -0.2) is 35.0 Å². The van der Waals surface area contributed by atoms with Gasteiger partial charge in [-0.3, -0.25) is 9.78 Å². The second-order valence-corrected chi connectivity index (χ2v) is 3.71. The predicted molar refractivity (Wildman–Crippen MR) is 60.9 cm³/mol. The molecule has 86 valence electrons. The van der Waals surface area contributed by atoms with E-state index in [2.05, 4.69) is 15.3 Å². The highest BCUT2D eigenvalue weighted by Crippen LogP contribution is 2.17. The fourth-order valence-electron chi connectivity index (χ4n) is 1.90. The van der Waals surface area contributed by atoms with E-state index in [4.69, 9.17) is 5.73 Å². The molecule has 0 bridgehead atoms. The zero-order chi connectivity index (χ0) is 11.5. The van der Waals surface area contributed by atoms with Gasteiger partial charge in [-0.2, -0.15) is 0 Å². The van der Waals surface area contributed by atoms with E-state index in [0.29, 0.717) is 18.2 Å². The predicted octanol–water partition coefficient (Wildman–Crippen LogP) is -0.226. The highest BCUT2D eigenvalue weighted by atomic mass is 16.2. The molecule has 6 nitrogen and oxygen atoms in total. The Bertz CT molecular complexity index is 395. The molecule has 1 atom stereocenters. The topological polar surface area (TPSA) is 84.1 Å². The van der Waals surface area contributed by atoms with Gasteiger partial charge in [0.1, 0.15) is 17.7 Å². The molecular weight excluding hydrogens is 206 g/mol. The van der Waals surface area contributed by atoms with Gasteiger partial charge in [0, 0.05) is 13.1 Å². The Morgan fingerprint density at radius 2 is 2.44 bits per heavy atom. The lowest BCUT2D eigenvalue weighted by atomic mass is 10.1. The second kappa shape index (κ2) is 4.34. The average Bonchev–Trinajstić information content (AvgIpc) is 2.28. The number of amides is 1. The van der Waals surface area contributed by atoms with Gasteiger partial charge in [-0.1, -0.05) is 6.92 Å². The van der Waals surface area contributed by atoms with Crippen molar-refractivity contribution in [2.24, 2.45) is 0 Å². The van der Waals surface area contributed by atoms with Crippen LogP contribution in [0.5, 0.6) is 0 Å². The number of carbonyl (C=O) groups excluding carboxylic acids is 1. The summed E-state index contributed by atoms with van der Waals surface area (Å²) < 4.78 is 0. The molecule has 6 heteroatoms. The fourth-order valence-corrected chi connectivity index (χ4v) is 1.90. The summed E-state index contributed by atoms with van der Waals surface area (Å²) in [4.78, 5) is 21.8. The average molecular weight is 221 g/mol. The molecule has 0 radical (unpaired) electrons. The lowest BCUT2D eigenvalue weighted by Crippen LogP contribution is -2.55. The number of nitrogen functional groups attached to an aromatic ring is 1. The number of rotatable bonds is 2. The summed E-state index contributed by atoms with van der Waals surface area (Å²) in [5, 5.41) is 2.84. The van der Waals surface area contributed by atoms with Crippen molar-refractivity contribution >= 4 is 17.5 Å². The Morgan fingerprint density at radius 3 is 3.12 bits per heavy atom. The molecule has 2 heterocycles. The van der Waals surface area contributed by atoms with Crippen LogP contribution in [0.4, 0.5) is 11.6 Å². The Hall–Kier alpha value is -1.85. The van der Waals surface area contributed by atoms with E-state index in [0.717, 1.165) is 13.0 Å². The molecule has 1 aliphatic heterocycles. The maximum Gasteiger partial charge on any atom is 0.242 e. The maximum atomic E-state index is 11.7. The largest absolute Gasteiger partial charge is 0.382 e. The van der Waals surface area contributed by atoms with Crippen LogP contribution >= 0.6 is 0 Å². The number of nitrogens with two attached hydrogens (primary N) is 1. The van der Waals surface area contributed by atoms with Crippen LogP contribution < -0.4 is 16.0 Å². The minimum atomic E-state index is -0.176. The monoisotopic (exact) mass is 221 g/mol. The molecule has 1 amide bonds. The second-order valence-electron chi connectivity index (χ2n) is 3.71. The van der Waals surface area contributed by atoms with Crippen molar-refractivity contribution in [3.63, 3.8) is 0 Å². The number of nitrogens with one attached hydrogen (secondary N) is 1. The smallest absolute Gasteiger partial charge is 0.242 e. The van der Waals surface area contributed by atoms with Crippen LogP contribution in [0.25, 0.3) is 0 Å². The number of nitrogens with zero attached hydrogens (tertiary/aromatic N) is 3. The normalized spacial score (nSPS) is 20.7. The molecule has 1 aliphatic rings. The molecule has 1 aromatic heterocycles. The van der Waals surface area contributed by atoms with E-state index >= 15 is 0 Å². The molecule has 16 heavy (non-hydrogen) atoms. The first kappa shape index (κ1) is 10.7. The highest BCUT2D eigenvalue weighted by Gasteiger charge is 2.29. The van der Waals surface area contributed by atoms with Crippen molar-refractivity contribution in [2.75, 3.05) is 23.7 Å². The summed E-state index contributed by atoms with van der Waals surface area (Å²) in [6.45, 7) is 3.34.